The van der Waals surface area contributed by atoms with Gasteiger partial charge in [-0.15, -0.1) is 11.8 Å². The predicted molar refractivity (Wildman–Crippen MR) is 136 cm³/mol. The number of amides is 1. The van der Waals surface area contributed by atoms with Gasteiger partial charge >= 0.3 is 5.97 Å². The topological polar surface area (TPSA) is 77.0 Å². The van der Waals surface area contributed by atoms with Crippen LogP contribution in [-0.4, -0.2) is 37.1 Å². The van der Waals surface area contributed by atoms with Gasteiger partial charge in [0.15, 0.2) is 6.61 Å². The Balaban J connectivity index is 1.45. The molecule has 4 aromatic rings. The predicted octanol–water partition coefficient (Wildman–Crippen LogP) is 5.18. The van der Waals surface area contributed by atoms with Gasteiger partial charge in [0.25, 0.3) is 0 Å². The van der Waals surface area contributed by atoms with E-state index in [1.54, 1.807) is 19.2 Å². The average Bonchev–Trinajstić information content (AvgIpc) is 2.87. The highest BCUT2D eigenvalue weighted by atomic mass is 32.2. The molecule has 0 saturated heterocycles. The van der Waals surface area contributed by atoms with Crippen LogP contribution in [0.25, 0.3) is 21.5 Å². The number of esters is 1. The quantitative estimate of drug-likeness (QED) is 0.157. The third-order valence-electron chi connectivity index (χ3n) is 5.07. The summed E-state index contributed by atoms with van der Waals surface area (Å²) >= 11 is 1.46. The second kappa shape index (κ2) is 11.3. The zero-order valence-corrected chi connectivity index (χ0v) is 19.5. The van der Waals surface area contributed by atoms with Crippen LogP contribution in [0.15, 0.2) is 88.9 Å². The number of benzene rings is 4. The van der Waals surface area contributed by atoms with E-state index in [0.29, 0.717) is 11.3 Å². The second-order valence-corrected chi connectivity index (χ2v) is 8.37. The normalized spacial score (nSPS) is 11.1. The van der Waals surface area contributed by atoms with E-state index in [2.05, 4.69) is 22.7 Å². The van der Waals surface area contributed by atoms with Gasteiger partial charge in [0, 0.05) is 10.5 Å². The van der Waals surface area contributed by atoms with Crippen molar-refractivity contribution in [1.29, 1.82) is 0 Å². The molecule has 6 nitrogen and oxygen atoms in total. The minimum Gasteiger partial charge on any atom is -0.481 e. The monoisotopic (exact) mass is 472 g/mol. The number of carbonyl (C=O) groups is 2. The van der Waals surface area contributed by atoms with Crippen molar-refractivity contribution in [3.05, 3.63) is 84.4 Å². The Bertz CT molecular complexity index is 1350. The molecule has 0 aliphatic rings. The number of thioether (sulfide) groups is 1. The van der Waals surface area contributed by atoms with Gasteiger partial charge in [-0.25, -0.2) is 10.2 Å². The highest BCUT2D eigenvalue weighted by Crippen LogP contribution is 2.28. The number of nitrogens with zero attached hydrogens (tertiary/aromatic N) is 1. The maximum Gasteiger partial charge on any atom is 0.344 e. The number of nitrogens with one attached hydrogen (secondary N) is 1. The van der Waals surface area contributed by atoms with Gasteiger partial charge in [-0.3, -0.25) is 4.79 Å². The molecule has 4 rings (SSSR count). The summed E-state index contributed by atoms with van der Waals surface area (Å²) in [6.45, 7) is 1.82. The van der Waals surface area contributed by atoms with Crippen LogP contribution in [-0.2, 0) is 14.3 Å². The zero-order valence-electron chi connectivity index (χ0n) is 18.7. The van der Waals surface area contributed by atoms with Crippen molar-refractivity contribution >= 4 is 51.4 Å². The van der Waals surface area contributed by atoms with Gasteiger partial charge in [-0.2, -0.15) is 5.10 Å². The number of fused-ring (bicyclic) bond motifs is 2. The van der Waals surface area contributed by atoms with E-state index < -0.39 is 5.97 Å². The molecule has 7 heteroatoms. The fourth-order valence-corrected chi connectivity index (χ4v) is 4.41. The molecule has 172 valence electrons. The van der Waals surface area contributed by atoms with Gasteiger partial charge in [0.05, 0.1) is 18.6 Å². The fraction of sp³-hybridized carbons (Fsp3) is 0.148. The van der Waals surface area contributed by atoms with Crippen molar-refractivity contribution < 1.29 is 19.1 Å². The maximum absolute atomic E-state index is 12.4. The molecular weight excluding hydrogens is 448 g/mol. The average molecular weight is 473 g/mol. The van der Waals surface area contributed by atoms with E-state index in [4.69, 9.17) is 9.47 Å². The molecule has 0 radical (unpaired) electrons. The lowest BCUT2D eigenvalue weighted by atomic mass is 10.0. The van der Waals surface area contributed by atoms with E-state index in [-0.39, 0.29) is 24.9 Å². The van der Waals surface area contributed by atoms with Crippen molar-refractivity contribution in [3.8, 4) is 5.75 Å². The van der Waals surface area contributed by atoms with Gasteiger partial charge in [-0.05, 0) is 40.6 Å². The van der Waals surface area contributed by atoms with Crippen molar-refractivity contribution in [3.63, 3.8) is 0 Å². The fourth-order valence-electron chi connectivity index (χ4n) is 3.54. The summed E-state index contributed by atoms with van der Waals surface area (Å²) in [6, 6.07) is 25.6. The first-order valence-electron chi connectivity index (χ1n) is 10.9. The summed E-state index contributed by atoms with van der Waals surface area (Å²) in [5.74, 6) is 0.0446. The van der Waals surface area contributed by atoms with Gasteiger partial charge in [0.1, 0.15) is 5.75 Å². The smallest absolute Gasteiger partial charge is 0.344 e. The number of hydrazone groups is 1. The van der Waals surface area contributed by atoms with E-state index in [1.165, 1.54) is 11.8 Å². The first-order valence-corrected chi connectivity index (χ1v) is 11.9. The lowest BCUT2D eigenvalue weighted by Gasteiger charge is -2.11. The third-order valence-corrected chi connectivity index (χ3v) is 6.15. The first-order chi connectivity index (χ1) is 16.7. The van der Waals surface area contributed by atoms with Crippen LogP contribution in [0, 0.1) is 0 Å². The van der Waals surface area contributed by atoms with Crippen LogP contribution in [0.2, 0.25) is 0 Å². The Morgan fingerprint density at radius 2 is 1.62 bits per heavy atom. The van der Waals surface area contributed by atoms with Crippen LogP contribution in [0.3, 0.4) is 0 Å². The lowest BCUT2D eigenvalue weighted by molar-refractivity contribution is -0.145. The lowest BCUT2D eigenvalue weighted by Crippen LogP contribution is -2.20. The molecule has 0 aliphatic carbocycles. The van der Waals surface area contributed by atoms with E-state index >= 15 is 0 Å². The molecule has 0 atom stereocenters. The standard InChI is InChI=1S/C27H24N2O4S/c1-2-32-27(31)17-33-24-15-14-20-9-3-5-11-21(20)23(24)16-28-29-26(30)18-34-25-13-7-10-19-8-4-6-12-22(19)25/h3-16H,2,17-18H2,1H3,(H,29,30). The molecule has 1 N–H and O–H groups in total. The zero-order chi connectivity index (χ0) is 23.8. The summed E-state index contributed by atoms with van der Waals surface area (Å²) in [5, 5.41) is 8.30. The molecule has 0 aliphatic heterocycles. The van der Waals surface area contributed by atoms with Gasteiger partial charge in [0.2, 0.25) is 5.91 Å². The number of hydrogen-bond donors (Lipinski definition) is 1. The van der Waals surface area contributed by atoms with E-state index in [1.807, 2.05) is 60.7 Å². The molecule has 0 aromatic heterocycles. The number of ether oxygens (including phenoxy) is 2. The maximum atomic E-state index is 12.4. The van der Waals surface area contributed by atoms with Crippen LogP contribution < -0.4 is 10.2 Å². The van der Waals surface area contributed by atoms with Crippen molar-refractivity contribution in [2.45, 2.75) is 11.8 Å². The first kappa shape index (κ1) is 23.3. The third kappa shape index (κ3) is 5.74. The Hall–Kier alpha value is -3.84. The SMILES string of the molecule is CCOC(=O)COc1ccc2ccccc2c1C=NNC(=O)CSc1cccc2ccccc12. The molecule has 0 heterocycles. The minimum absolute atomic E-state index is 0.207. The molecule has 0 fully saturated rings. The van der Waals surface area contributed by atoms with E-state index in [9.17, 15) is 9.59 Å². The number of rotatable bonds is 9. The Labute approximate surface area is 201 Å². The van der Waals surface area contributed by atoms with Gasteiger partial charge < -0.3 is 9.47 Å². The number of carbonyl (C=O) groups excluding carboxylic acids is 2. The molecule has 1 amide bonds. The summed E-state index contributed by atoms with van der Waals surface area (Å²) in [6.07, 6.45) is 1.54. The van der Waals surface area contributed by atoms with Crippen LogP contribution >= 0.6 is 11.8 Å². The Morgan fingerprint density at radius 1 is 0.912 bits per heavy atom. The van der Waals surface area contributed by atoms with Crippen molar-refractivity contribution in [2.24, 2.45) is 5.10 Å². The molecule has 0 spiro atoms. The minimum atomic E-state index is -0.447. The molecule has 34 heavy (non-hydrogen) atoms. The summed E-state index contributed by atoms with van der Waals surface area (Å²) < 4.78 is 10.6. The highest BCUT2D eigenvalue weighted by molar-refractivity contribution is 8.00. The molecular formula is C27H24N2O4S. The molecule has 0 bridgehead atoms. The largest absolute Gasteiger partial charge is 0.481 e. The molecule has 4 aromatic carbocycles. The van der Waals surface area contributed by atoms with E-state index in [0.717, 1.165) is 26.4 Å². The van der Waals surface area contributed by atoms with Crippen LogP contribution in [0.1, 0.15) is 12.5 Å². The number of hydrogen-bond acceptors (Lipinski definition) is 6. The molecule has 0 saturated carbocycles. The second-order valence-electron chi connectivity index (χ2n) is 7.35. The van der Waals surface area contributed by atoms with Crippen LogP contribution in [0.5, 0.6) is 5.75 Å². The van der Waals surface area contributed by atoms with Crippen molar-refractivity contribution in [1.82, 2.24) is 5.43 Å². The molecule has 0 unspecified atom stereocenters. The Kier molecular flexibility index (Phi) is 7.78. The van der Waals surface area contributed by atoms with Crippen LogP contribution in [0.4, 0.5) is 0 Å². The van der Waals surface area contributed by atoms with Gasteiger partial charge in [-0.1, -0.05) is 66.7 Å². The van der Waals surface area contributed by atoms with Crippen molar-refractivity contribution in [2.75, 3.05) is 19.0 Å². The Morgan fingerprint density at radius 3 is 2.41 bits per heavy atom. The summed E-state index contributed by atoms with van der Waals surface area (Å²) in [5.41, 5.74) is 3.26. The summed E-state index contributed by atoms with van der Waals surface area (Å²) in [7, 11) is 0. The summed E-state index contributed by atoms with van der Waals surface area (Å²) in [4.78, 5) is 25.2. The highest BCUT2D eigenvalue weighted by Gasteiger charge is 2.11.